The number of nitrogens with two attached hydrogens (primary N) is 1. The summed E-state index contributed by atoms with van der Waals surface area (Å²) in [5.74, 6) is 0.0560. The van der Waals surface area contributed by atoms with Crippen LogP contribution in [0.1, 0.15) is 31.7 Å². The van der Waals surface area contributed by atoms with Crippen LogP contribution >= 0.6 is 0 Å². The van der Waals surface area contributed by atoms with Crippen LogP contribution in [-0.2, 0) is 6.42 Å². The maximum Gasteiger partial charge on any atom is 0.162 e. The van der Waals surface area contributed by atoms with E-state index in [-0.39, 0.29) is 0 Å². The van der Waals surface area contributed by atoms with E-state index in [9.17, 15) is 8.78 Å². The van der Waals surface area contributed by atoms with Gasteiger partial charge in [-0.3, -0.25) is 0 Å². The standard InChI is InChI=1S/C15H21F2N/c1-10-5-6-12(9-18)13(7-10)8-11-3-2-4-14(16)15(11)17/h2-4,10,12-13H,5-9,18H2,1H3. The fourth-order valence-corrected chi connectivity index (χ4v) is 3.11. The lowest BCUT2D eigenvalue weighted by atomic mass is 9.72. The van der Waals surface area contributed by atoms with Crippen LogP contribution < -0.4 is 5.73 Å². The molecule has 1 saturated carbocycles. The minimum atomic E-state index is -0.749. The quantitative estimate of drug-likeness (QED) is 0.876. The molecule has 3 atom stereocenters. The molecule has 0 saturated heterocycles. The molecule has 1 aromatic rings. The summed E-state index contributed by atoms with van der Waals surface area (Å²) in [7, 11) is 0. The Morgan fingerprint density at radius 2 is 2.00 bits per heavy atom. The van der Waals surface area contributed by atoms with Gasteiger partial charge in [0.05, 0.1) is 0 Å². The Bertz CT molecular complexity index is 405. The van der Waals surface area contributed by atoms with E-state index in [0.717, 1.165) is 12.8 Å². The van der Waals surface area contributed by atoms with Crippen LogP contribution in [0.4, 0.5) is 8.78 Å². The summed E-state index contributed by atoms with van der Waals surface area (Å²) in [6.45, 7) is 2.87. The monoisotopic (exact) mass is 253 g/mol. The molecule has 0 heterocycles. The van der Waals surface area contributed by atoms with Gasteiger partial charge in [0.2, 0.25) is 0 Å². The van der Waals surface area contributed by atoms with Gasteiger partial charge in [0, 0.05) is 0 Å². The molecule has 3 heteroatoms. The molecule has 3 unspecified atom stereocenters. The first-order valence-corrected chi connectivity index (χ1v) is 6.74. The maximum absolute atomic E-state index is 13.7. The molecule has 100 valence electrons. The lowest BCUT2D eigenvalue weighted by Crippen LogP contribution is -2.31. The second-order valence-electron chi connectivity index (χ2n) is 5.59. The zero-order chi connectivity index (χ0) is 13.1. The van der Waals surface area contributed by atoms with Crippen molar-refractivity contribution in [2.75, 3.05) is 6.54 Å². The topological polar surface area (TPSA) is 26.0 Å². The van der Waals surface area contributed by atoms with Crippen molar-refractivity contribution in [3.63, 3.8) is 0 Å². The molecule has 1 fully saturated rings. The van der Waals surface area contributed by atoms with E-state index in [4.69, 9.17) is 5.73 Å². The van der Waals surface area contributed by atoms with Gasteiger partial charge in [-0.2, -0.15) is 0 Å². The molecule has 1 aliphatic carbocycles. The summed E-state index contributed by atoms with van der Waals surface area (Å²) < 4.78 is 26.9. The molecule has 0 aliphatic heterocycles. The average Bonchev–Trinajstić information content (AvgIpc) is 2.35. The van der Waals surface area contributed by atoms with Crippen molar-refractivity contribution in [2.24, 2.45) is 23.5 Å². The number of hydrogen-bond acceptors (Lipinski definition) is 1. The molecule has 18 heavy (non-hydrogen) atoms. The van der Waals surface area contributed by atoms with Crippen LogP contribution in [0.15, 0.2) is 18.2 Å². The average molecular weight is 253 g/mol. The first kappa shape index (κ1) is 13.5. The Hall–Kier alpha value is -0.960. The molecule has 0 amide bonds. The summed E-state index contributed by atoms with van der Waals surface area (Å²) >= 11 is 0. The second kappa shape index (κ2) is 5.79. The molecule has 1 nitrogen and oxygen atoms in total. The van der Waals surface area contributed by atoms with Crippen molar-refractivity contribution in [2.45, 2.75) is 32.6 Å². The molecule has 0 radical (unpaired) electrons. The van der Waals surface area contributed by atoms with E-state index in [1.807, 2.05) is 0 Å². The van der Waals surface area contributed by atoms with Crippen molar-refractivity contribution in [1.82, 2.24) is 0 Å². The van der Waals surface area contributed by atoms with Gasteiger partial charge in [-0.15, -0.1) is 0 Å². The first-order valence-electron chi connectivity index (χ1n) is 6.74. The van der Waals surface area contributed by atoms with Gasteiger partial charge >= 0.3 is 0 Å². The van der Waals surface area contributed by atoms with Gasteiger partial charge in [0.1, 0.15) is 0 Å². The van der Waals surface area contributed by atoms with Crippen molar-refractivity contribution < 1.29 is 8.78 Å². The summed E-state index contributed by atoms with van der Waals surface area (Å²) in [6.07, 6.45) is 3.98. The van der Waals surface area contributed by atoms with E-state index in [2.05, 4.69) is 6.92 Å². The Morgan fingerprint density at radius 1 is 1.22 bits per heavy atom. The lowest BCUT2D eigenvalue weighted by Gasteiger charge is -2.34. The molecule has 2 N–H and O–H groups in total. The second-order valence-corrected chi connectivity index (χ2v) is 5.59. The fraction of sp³-hybridized carbons (Fsp3) is 0.600. The van der Waals surface area contributed by atoms with Crippen LogP contribution in [0, 0.1) is 29.4 Å². The molecule has 2 rings (SSSR count). The van der Waals surface area contributed by atoms with E-state index in [0.29, 0.717) is 36.3 Å². The third kappa shape index (κ3) is 2.89. The van der Waals surface area contributed by atoms with E-state index < -0.39 is 11.6 Å². The highest BCUT2D eigenvalue weighted by molar-refractivity contribution is 5.19. The zero-order valence-corrected chi connectivity index (χ0v) is 10.8. The van der Waals surface area contributed by atoms with Gasteiger partial charge < -0.3 is 5.73 Å². The summed E-state index contributed by atoms with van der Waals surface area (Å²) in [6, 6.07) is 4.44. The highest BCUT2D eigenvalue weighted by Gasteiger charge is 2.28. The number of hydrogen-bond donors (Lipinski definition) is 1. The van der Waals surface area contributed by atoms with Gasteiger partial charge in [0.25, 0.3) is 0 Å². The summed E-state index contributed by atoms with van der Waals surface area (Å²) in [5.41, 5.74) is 6.29. The lowest BCUT2D eigenvalue weighted by molar-refractivity contribution is 0.192. The predicted octanol–water partition coefficient (Wildman–Crippen LogP) is 3.52. The summed E-state index contributed by atoms with van der Waals surface area (Å²) in [4.78, 5) is 0. The molecular formula is C15H21F2N. The third-order valence-electron chi connectivity index (χ3n) is 4.22. The fourth-order valence-electron chi connectivity index (χ4n) is 3.11. The van der Waals surface area contributed by atoms with E-state index in [1.54, 1.807) is 12.1 Å². The summed E-state index contributed by atoms with van der Waals surface area (Å²) in [5, 5.41) is 0. The molecule has 1 aliphatic rings. The number of rotatable bonds is 3. The minimum absolute atomic E-state index is 0.384. The number of halogens is 2. The molecule has 0 aromatic heterocycles. The molecule has 0 spiro atoms. The predicted molar refractivity (Wildman–Crippen MR) is 69.1 cm³/mol. The Morgan fingerprint density at radius 3 is 2.72 bits per heavy atom. The van der Waals surface area contributed by atoms with Crippen molar-refractivity contribution in [3.8, 4) is 0 Å². The minimum Gasteiger partial charge on any atom is -0.330 e. The van der Waals surface area contributed by atoms with Crippen molar-refractivity contribution in [1.29, 1.82) is 0 Å². The van der Waals surface area contributed by atoms with Crippen LogP contribution in [0.5, 0.6) is 0 Å². The van der Waals surface area contributed by atoms with Gasteiger partial charge in [-0.1, -0.05) is 25.5 Å². The van der Waals surface area contributed by atoms with Crippen molar-refractivity contribution >= 4 is 0 Å². The van der Waals surface area contributed by atoms with Crippen molar-refractivity contribution in [3.05, 3.63) is 35.4 Å². The van der Waals surface area contributed by atoms with Crippen LogP contribution in [0.25, 0.3) is 0 Å². The Kier molecular flexibility index (Phi) is 4.33. The Labute approximate surface area is 107 Å². The highest BCUT2D eigenvalue weighted by atomic mass is 19.2. The first-order chi connectivity index (χ1) is 8.61. The Balaban J connectivity index is 2.13. The van der Waals surface area contributed by atoms with Gasteiger partial charge in [0.15, 0.2) is 11.6 Å². The zero-order valence-electron chi connectivity index (χ0n) is 10.8. The number of benzene rings is 1. The maximum atomic E-state index is 13.7. The third-order valence-corrected chi connectivity index (χ3v) is 4.22. The van der Waals surface area contributed by atoms with Gasteiger partial charge in [-0.25, -0.2) is 8.78 Å². The smallest absolute Gasteiger partial charge is 0.162 e. The SMILES string of the molecule is CC1CCC(CN)C(Cc2cccc(F)c2F)C1. The molecule has 0 bridgehead atoms. The molecular weight excluding hydrogens is 232 g/mol. The van der Waals surface area contributed by atoms with E-state index in [1.165, 1.54) is 12.5 Å². The molecule has 1 aromatic carbocycles. The van der Waals surface area contributed by atoms with Crippen LogP contribution in [0.2, 0.25) is 0 Å². The van der Waals surface area contributed by atoms with E-state index >= 15 is 0 Å². The van der Waals surface area contributed by atoms with Gasteiger partial charge in [-0.05, 0) is 55.2 Å². The largest absolute Gasteiger partial charge is 0.330 e. The highest BCUT2D eigenvalue weighted by Crippen LogP contribution is 2.35. The van der Waals surface area contributed by atoms with Crippen LogP contribution in [-0.4, -0.2) is 6.54 Å². The van der Waals surface area contributed by atoms with Crippen LogP contribution in [0.3, 0.4) is 0 Å². The normalized spacial score (nSPS) is 28.3.